The van der Waals surface area contributed by atoms with E-state index in [0.717, 1.165) is 48.8 Å². The molecule has 30 heavy (non-hydrogen) atoms. The van der Waals surface area contributed by atoms with Gasteiger partial charge in [-0.1, -0.05) is 17.7 Å². The maximum atomic E-state index is 9.11. The molecule has 8 nitrogen and oxygen atoms in total. The Hall–Kier alpha value is -2.81. The molecular formula is C21H24ClN7O. The number of aryl methyl sites for hydroxylation is 1. The van der Waals surface area contributed by atoms with E-state index in [2.05, 4.69) is 35.1 Å². The number of nitrogens with one attached hydrogen (secondary N) is 1. The van der Waals surface area contributed by atoms with Crippen molar-refractivity contribution < 1.29 is 5.11 Å². The average Bonchev–Trinajstić information content (AvgIpc) is 2.77. The van der Waals surface area contributed by atoms with Crippen molar-refractivity contribution in [3.63, 3.8) is 0 Å². The second-order valence-corrected chi connectivity index (χ2v) is 7.61. The highest BCUT2D eigenvalue weighted by molar-refractivity contribution is 6.30. The standard InChI is InChI=1S/C21H24ClN7O/c1-15-2-3-17(22)13-18(15)26-21-25-14-24-20(27-21)16-4-5-23-19(12-16)29-8-6-28(7-9-29)10-11-30/h2-5,12-14,30H,6-11H2,1H3,(H,24,25,26,27). The van der Waals surface area contributed by atoms with Gasteiger partial charge in [0.1, 0.15) is 12.1 Å². The Kier molecular flexibility index (Phi) is 6.37. The van der Waals surface area contributed by atoms with Gasteiger partial charge in [0.25, 0.3) is 0 Å². The van der Waals surface area contributed by atoms with Crippen molar-refractivity contribution in [3.05, 3.63) is 53.4 Å². The molecule has 2 N–H and O–H groups in total. The van der Waals surface area contributed by atoms with Gasteiger partial charge in [0.05, 0.1) is 6.61 Å². The molecule has 1 fully saturated rings. The summed E-state index contributed by atoms with van der Waals surface area (Å²) in [5.74, 6) is 1.94. The summed E-state index contributed by atoms with van der Waals surface area (Å²) in [6.07, 6.45) is 3.28. The van der Waals surface area contributed by atoms with E-state index in [0.29, 0.717) is 23.3 Å². The molecule has 0 saturated carbocycles. The molecule has 0 unspecified atom stereocenters. The Labute approximate surface area is 180 Å². The van der Waals surface area contributed by atoms with E-state index in [-0.39, 0.29) is 6.61 Å². The quantitative estimate of drug-likeness (QED) is 0.623. The topological polar surface area (TPSA) is 90.3 Å². The summed E-state index contributed by atoms with van der Waals surface area (Å²) in [6, 6.07) is 9.55. The second kappa shape index (κ2) is 9.34. The fourth-order valence-corrected chi connectivity index (χ4v) is 3.59. The number of halogens is 1. The monoisotopic (exact) mass is 425 g/mol. The summed E-state index contributed by atoms with van der Waals surface area (Å²) in [7, 11) is 0. The molecule has 1 aliphatic heterocycles. The van der Waals surface area contributed by atoms with E-state index in [1.54, 1.807) is 6.20 Å². The van der Waals surface area contributed by atoms with Crippen LogP contribution in [0.2, 0.25) is 5.02 Å². The van der Waals surface area contributed by atoms with Crippen molar-refractivity contribution in [2.45, 2.75) is 6.92 Å². The maximum absolute atomic E-state index is 9.11. The fourth-order valence-electron chi connectivity index (χ4n) is 3.42. The predicted molar refractivity (Wildman–Crippen MR) is 118 cm³/mol. The number of anilines is 3. The van der Waals surface area contributed by atoms with Gasteiger partial charge in [0, 0.05) is 55.2 Å². The van der Waals surface area contributed by atoms with E-state index >= 15 is 0 Å². The molecule has 0 atom stereocenters. The molecule has 1 aliphatic rings. The number of benzene rings is 1. The van der Waals surface area contributed by atoms with Gasteiger partial charge < -0.3 is 15.3 Å². The number of piperazine rings is 1. The zero-order chi connectivity index (χ0) is 20.9. The summed E-state index contributed by atoms with van der Waals surface area (Å²) in [5.41, 5.74) is 2.79. The number of hydrogen-bond donors (Lipinski definition) is 2. The summed E-state index contributed by atoms with van der Waals surface area (Å²) >= 11 is 6.11. The zero-order valence-electron chi connectivity index (χ0n) is 16.8. The lowest BCUT2D eigenvalue weighted by atomic mass is 10.2. The Morgan fingerprint density at radius 2 is 1.90 bits per heavy atom. The third-order valence-corrected chi connectivity index (χ3v) is 5.37. The van der Waals surface area contributed by atoms with Crippen LogP contribution in [0, 0.1) is 6.92 Å². The van der Waals surface area contributed by atoms with E-state index in [1.807, 2.05) is 37.3 Å². The van der Waals surface area contributed by atoms with Gasteiger partial charge in [-0.05, 0) is 36.8 Å². The van der Waals surface area contributed by atoms with Gasteiger partial charge in [-0.2, -0.15) is 4.98 Å². The zero-order valence-corrected chi connectivity index (χ0v) is 17.5. The SMILES string of the molecule is Cc1ccc(Cl)cc1Nc1ncnc(-c2ccnc(N3CCN(CCO)CC3)c2)n1. The molecule has 0 aliphatic carbocycles. The van der Waals surface area contributed by atoms with E-state index in [1.165, 1.54) is 6.33 Å². The first-order chi connectivity index (χ1) is 14.6. The molecule has 1 saturated heterocycles. The number of aromatic nitrogens is 4. The number of β-amino-alcohol motifs (C(OH)–C–C–N with tert-alkyl or cyclic N) is 1. The van der Waals surface area contributed by atoms with Crippen molar-refractivity contribution in [2.75, 3.05) is 49.5 Å². The van der Waals surface area contributed by atoms with Gasteiger partial charge in [-0.25, -0.2) is 15.0 Å². The Bertz CT molecular complexity index is 1010. The Balaban J connectivity index is 1.51. The highest BCUT2D eigenvalue weighted by Crippen LogP contribution is 2.24. The summed E-state index contributed by atoms with van der Waals surface area (Å²) < 4.78 is 0. The Morgan fingerprint density at radius 1 is 1.07 bits per heavy atom. The normalized spacial score (nSPS) is 14.7. The summed E-state index contributed by atoms with van der Waals surface area (Å²) in [5, 5.41) is 13.0. The van der Waals surface area contributed by atoms with Crippen LogP contribution in [0.1, 0.15) is 5.56 Å². The molecule has 2 aromatic heterocycles. The molecular weight excluding hydrogens is 402 g/mol. The Morgan fingerprint density at radius 3 is 2.70 bits per heavy atom. The van der Waals surface area contributed by atoms with Gasteiger partial charge in [0.15, 0.2) is 5.82 Å². The lowest BCUT2D eigenvalue weighted by molar-refractivity contribution is 0.188. The molecule has 0 radical (unpaired) electrons. The minimum atomic E-state index is 0.193. The first-order valence-electron chi connectivity index (χ1n) is 9.89. The molecule has 4 rings (SSSR count). The first kappa shape index (κ1) is 20.5. The minimum absolute atomic E-state index is 0.193. The largest absolute Gasteiger partial charge is 0.395 e. The molecule has 9 heteroatoms. The summed E-state index contributed by atoms with van der Waals surface area (Å²) in [6.45, 7) is 6.46. The molecule has 3 aromatic rings. The van der Waals surface area contributed by atoms with E-state index in [4.69, 9.17) is 16.7 Å². The number of aliphatic hydroxyl groups excluding tert-OH is 1. The van der Waals surface area contributed by atoms with Crippen LogP contribution in [-0.2, 0) is 0 Å². The van der Waals surface area contributed by atoms with Gasteiger partial charge in [-0.3, -0.25) is 4.90 Å². The van der Waals surface area contributed by atoms with Gasteiger partial charge in [-0.15, -0.1) is 0 Å². The molecule has 1 aromatic carbocycles. The summed E-state index contributed by atoms with van der Waals surface area (Å²) in [4.78, 5) is 22.2. The number of aliphatic hydroxyl groups is 1. The van der Waals surface area contributed by atoms with E-state index < -0.39 is 0 Å². The van der Waals surface area contributed by atoms with Crippen molar-refractivity contribution in [1.29, 1.82) is 0 Å². The van der Waals surface area contributed by atoms with Crippen molar-refractivity contribution >= 4 is 29.1 Å². The fraction of sp³-hybridized carbons (Fsp3) is 0.333. The van der Waals surface area contributed by atoms with Crippen molar-refractivity contribution in [1.82, 2.24) is 24.8 Å². The maximum Gasteiger partial charge on any atom is 0.230 e. The highest BCUT2D eigenvalue weighted by atomic mass is 35.5. The number of hydrogen-bond acceptors (Lipinski definition) is 8. The molecule has 0 amide bonds. The van der Waals surface area contributed by atoms with Crippen LogP contribution < -0.4 is 10.2 Å². The van der Waals surface area contributed by atoms with Crippen LogP contribution in [0.4, 0.5) is 17.5 Å². The lowest BCUT2D eigenvalue weighted by Gasteiger charge is -2.35. The molecule has 0 bridgehead atoms. The predicted octanol–water partition coefficient (Wildman–Crippen LogP) is 2.75. The van der Waals surface area contributed by atoms with Crippen LogP contribution >= 0.6 is 11.6 Å². The third kappa shape index (κ3) is 4.84. The van der Waals surface area contributed by atoms with Crippen LogP contribution in [0.5, 0.6) is 0 Å². The van der Waals surface area contributed by atoms with E-state index in [9.17, 15) is 0 Å². The number of rotatable bonds is 6. The smallest absolute Gasteiger partial charge is 0.230 e. The highest BCUT2D eigenvalue weighted by Gasteiger charge is 2.18. The van der Waals surface area contributed by atoms with Crippen molar-refractivity contribution in [2.24, 2.45) is 0 Å². The second-order valence-electron chi connectivity index (χ2n) is 7.17. The minimum Gasteiger partial charge on any atom is -0.395 e. The van der Waals surface area contributed by atoms with Crippen LogP contribution in [0.25, 0.3) is 11.4 Å². The van der Waals surface area contributed by atoms with Crippen LogP contribution in [0.3, 0.4) is 0 Å². The van der Waals surface area contributed by atoms with Gasteiger partial charge in [0.2, 0.25) is 5.95 Å². The molecule has 3 heterocycles. The van der Waals surface area contributed by atoms with Crippen LogP contribution in [0.15, 0.2) is 42.9 Å². The molecule has 0 spiro atoms. The molecule has 156 valence electrons. The van der Waals surface area contributed by atoms with Gasteiger partial charge >= 0.3 is 0 Å². The third-order valence-electron chi connectivity index (χ3n) is 5.13. The lowest BCUT2D eigenvalue weighted by Crippen LogP contribution is -2.47. The number of pyridine rings is 1. The van der Waals surface area contributed by atoms with Crippen LogP contribution in [-0.4, -0.2) is 69.3 Å². The first-order valence-corrected chi connectivity index (χ1v) is 10.3. The van der Waals surface area contributed by atoms with Crippen molar-refractivity contribution in [3.8, 4) is 11.4 Å². The number of nitrogens with zero attached hydrogens (tertiary/aromatic N) is 6. The average molecular weight is 426 g/mol.